The van der Waals surface area contributed by atoms with Gasteiger partial charge in [0.1, 0.15) is 17.3 Å². The summed E-state index contributed by atoms with van der Waals surface area (Å²) in [7, 11) is 4.34. The Balaban J connectivity index is 1.91. The van der Waals surface area contributed by atoms with Crippen LogP contribution in [0, 0.1) is 25.6 Å². The maximum atomic E-state index is 14.2. The van der Waals surface area contributed by atoms with Crippen molar-refractivity contribution < 1.29 is 37.7 Å². The summed E-state index contributed by atoms with van der Waals surface area (Å²) in [5, 5.41) is 0. The van der Waals surface area contributed by atoms with E-state index in [1.165, 1.54) is 31.4 Å². The summed E-state index contributed by atoms with van der Waals surface area (Å²) in [4.78, 5) is 41.7. The molecule has 0 aromatic heterocycles. The van der Waals surface area contributed by atoms with Crippen molar-refractivity contribution in [1.82, 2.24) is 4.90 Å². The predicted molar refractivity (Wildman–Crippen MR) is 159 cm³/mol. The molecule has 0 spiro atoms. The second-order valence-corrected chi connectivity index (χ2v) is 11.2. The normalized spacial score (nSPS) is 16.5. The van der Waals surface area contributed by atoms with Gasteiger partial charge in [-0.1, -0.05) is 49.2 Å². The van der Waals surface area contributed by atoms with E-state index in [-0.39, 0.29) is 18.8 Å². The number of halogens is 1. The third-order valence-electron chi connectivity index (χ3n) is 7.95. The first kappa shape index (κ1) is 31.5. The van der Waals surface area contributed by atoms with Gasteiger partial charge in [0.05, 0.1) is 33.8 Å². The Bertz CT molecular complexity index is 1450. The number of rotatable bonds is 10. The number of aryl methyl sites for hydroxylation is 2. The molecule has 1 aliphatic rings. The highest BCUT2D eigenvalue weighted by molar-refractivity contribution is 5.95. The first-order chi connectivity index (χ1) is 20.5. The Morgan fingerprint density at radius 3 is 1.88 bits per heavy atom. The Hall–Kier alpha value is -4.40. The van der Waals surface area contributed by atoms with E-state index in [0.717, 1.165) is 16.0 Å². The maximum Gasteiger partial charge on any atom is 0.418 e. The lowest BCUT2D eigenvalue weighted by Crippen LogP contribution is -2.50. The molecule has 1 saturated heterocycles. The van der Waals surface area contributed by atoms with Gasteiger partial charge >= 0.3 is 12.1 Å². The lowest BCUT2D eigenvalue weighted by atomic mass is 9.74. The molecule has 0 bridgehead atoms. The molecule has 9 heteroatoms. The number of carbonyl (C=O) groups excluding carboxylic acids is 3. The van der Waals surface area contributed by atoms with E-state index >= 15 is 0 Å². The van der Waals surface area contributed by atoms with Gasteiger partial charge in [0.2, 0.25) is 5.91 Å². The zero-order valence-corrected chi connectivity index (χ0v) is 25.6. The van der Waals surface area contributed by atoms with E-state index in [1.54, 1.807) is 14.2 Å². The van der Waals surface area contributed by atoms with E-state index in [2.05, 4.69) is 0 Å². The monoisotopic (exact) mass is 591 g/mol. The summed E-state index contributed by atoms with van der Waals surface area (Å²) in [6, 6.07) is 16.0. The number of methoxy groups -OCH3 is 3. The van der Waals surface area contributed by atoms with Gasteiger partial charge in [-0.05, 0) is 61.7 Å². The van der Waals surface area contributed by atoms with Gasteiger partial charge in [0, 0.05) is 23.5 Å². The van der Waals surface area contributed by atoms with Gasteiger partial charge < -0.3 is 18.9 Å². The third kappa shape index (κ3) is 6.07. The number of hydrogen-bond donors (Lipinski definition) is 0. The fraction of sp³-hybridized carbons (Fsp3) is 0.382. The fourth-order valence-electron chi connectivity index (χ4n) is 6.00. The van der Waals surface area contributed by atoms with Crippen LogP contribution in [0.5, 0.6) is 11.5 Å². The molecule has 43 heavy (non-hydrogen) atoms. The van der Waals surface area contributed by atoms with Gasteiger partial charge in [-0.3, -0.25) is 9.59 Å². The van der Waals surface area contributed by atoms with E-state index in [9.17, 15) is 18.8 Å². The van der Waals surface area contributed by atoms with Gasteiger partial charge in [-0.15, -0.1) is 0 Å². The molecule has 2 amide bonds. The maximum absolute atomic E-state index is 14.2. The topological polar surface area (TPSA) is 91.4 Å². The molecule has 0 N–H and O–H groups in total. The Labute approximate surface area is 251 Å². The third-order valence-corrected chi connectivity index (χ3v) is 7.95. The first-order valence-corrected chi connectivity index (χ1v) is 14.1. The van der Waals surface area contributed by atoms with Gasteiger partial charge in [0.15, 0.2) is 5.60 Å². The van der Waals surface area contributed by atoms with Crippen LogP contribution in [-0.4, -0.2) is 50.2 Å². The predicted octanol–water partition coefficient (Wildman–Crippen LogP) is 6.44. The van der Waals surface area contributed by atoms with E-state index in [4.69, 9.17) is 18.9 Å². The molecular formula is C34H38FNO7. The van der Waals surface area contributed by atoms with Crippen molar-refractivity contribution in [2.45, 2.75) is 58.1 Å². The molecule has 0 aliphatic carbocycles. The number of cyclic esters (lactones) is 1. The number of ether oxygens (including phenoxy) is 4. The SMILES string of the molecule is COC(=O)C[C@@H](CC(=O)N1C(=O)OC(c2cc(C)ccc2OC)(c2cc(C)ccc2OC)[C@@H]1C(C)C)c1ccc(F)cc1. The standard InChI is InChI=1S/C34H38FNO7/c1-20(2)32-34(26-16-21(3)8-14-28(26)40-5,27-17-22(4)9-15-29(27)41-6)43-33(39)36(32)30(37)18-24(19-31(38)42-7)23-10-12-25(35)13-11-23/h8-17,20,24,32H,18-19H2,1-7H3/t24-,32+/m1/s1. The van der Waals surface area contributed by atoms with Crippen LogP contribution in [0.4, 0.5) is 9.18 Å². The van der Waals surface area contributed by atoms with Crippen LogP contribution in [0.3, 0.4) is 0 Å². The smallest absolute Gasteiger partial charge is 0.418 e. The molecule has 3 aromatic rings. The number of nitrogens with zero attached hydrogens (tertiary/aromatic N) is 1. The zero-order chi connectivity index (χ0) is 31.5. The van der Waals surface area contributed by atoms with E-state index < -0.39 is 41.3 Å². The minimum atomic E-state index is -1.50. The second-order valence-electron chi connectivity index (χ2n) is 11.2. The number of benzene rings is 3. The fourth-order valence-corrected chi connectivity index (χ4v) is 6.00. The molecule has 0 unspecified atom stereocenters. The van der Waals surface area contributed by atoms with Crippen molar-refractivity contribution in [2.75, 3.05) is 21.3 Å². The van der Waals surface area contributed by atoms with Crippen molar-refractivity contribution >= 4 is 18.0 Å². The summed E-state index contributed by atoms with van der Waals surface area (Å²) >= 11 is 0. The molecular weight excluding hydrogens is 553 g/mol. The Morgan fingerprint density at radius 1 is 0.884 bits per heavy atom. The summed E-state index contributed by atoms with van der Waals surface area (Å²) < 4.78 is 36.6. The zero-order valence-electron chi connectivity index (χ0n) is 25.6. The molecule has 0 radical (unpaired) electrons. The molecule has 228 valence electrons. The highest BCUT2D eigenvalue weighted by atomic mass is 19.1. The number of imide groups is 1. The van der Waals surface area contributed by atoms with Crippen molar-refractivity contribution in [2.24, 2.45) is 5.92 Å². The average molecular weight is 592 g/mol. The number of amides is 2. The average Bonchev–Trinajstić information content (AvgIpc) is 3.31. The number of hydrogen-bond acceptors (Lipinski definition) is 7. The summed E-state index contributed by atoms with van der Waals surface area (Å²) in [6.45, 7) is 7.68. The van der Waals surface area contributed by atoms with E-state index in [1.807, 2.05) is 64.1 Å². The first-order valence-electron chi connectivity index (χ1n) is 14.1. The number of esters is 1. The van der Waals surface area contributed by atoms with Crippen molar-refractivity contribution in [3.05, 3.63) is 94.3 Å². The summed E-state index contributed by atoms with van der Waals surface area (Å²) in [5.41, 5.74) is 2.03. The van der Waals surface area contributed by atoms with Gasteiger partial charge in [-0.25, -0.2) is 14.1 Å². The molecule has 2 atom stereocenters. The van der Waals surface area contributed by atoms with Crippen LogP contribution in [0.25, 0.3) is 0 Å². The van der Waals surface area contributed by atoms with Crippen LogP contribution in [0.2, 0.25) is 0 Å². The highest BCUT2D eigenvalue weighted by Gasteiger charge is 2.61. The molecule has 1 aliphatic heterocycles. The lowest BCUT2D eigenvalue weighted by molar-refractivity contribution is -0.141. The van der Waals surface area contributed by atoms with Crippen molar-refractivity contribution in [3.63, 3.8) is 0 Å². The van der Waals surface area contributed by atoms with Crippen molar-refractivity contribution in [3.8, 4) is 11.5 Å². The Kier molecular flexibility index (Phi) is 9.43. The summed E-state index contributed by atoms with van der Waals surface area (Å²) in [5.74, 6) is -1.52. The van der Waals surface area contributed by atoms with Crippen LogP contribution in [-0.2, 0) is 24.7 Å². The quantitative estimate of drug-likeness (QED) is 0.251. The lowest BCUT2D eigenvalue weighted by Gasteiger charge is -2.39. The highest BCUT2D eigenvalue weighted by Crippen LogP contribution is 2.53. The van der Waals surface area contributed by atoms with Crippen molar-refractivity contribution in [1.29, 1.82) is 0 Å². The van der Waals surface area contributed by atoms with Crippen LogP contribution in [0.15, 0.2) is 60.7 Å². The van der Waals surface area contributed by atoms with Crippen LogP contribution < -0.4 is 9.47 Å². The molecule has 3 aromatic carbocycles. The Morgan fingerprint density at radius 2 is 1.42 bits per heavy atom. The molecule has 1 heterocycles. The van der Waals surface area contributed by atoms with Crippen LogP contribution in [0.1, 0.15) is 60.4 Å². The van der Waals surface area contributed by atoms with Crippen LogP contribution >= 0.6 is 0 Å². The minimum Gasteiger partial charge on any atom is -0.496 e. The van der Waals surface area contributed by atoms with E-state index in [0.29, 0.717) is 28.2 Å². The summed E-state index contributed by atoms with van der Waals surface area (Å²) in [6.07, 6.45) is -1.18. The largest absolute Gasteiger partial charge is 0.496 e. The van der Waals surface area contributed by atoms with Gasteiger partial charge in [-0.2, -0.15) is 0 Å². The molecule has 4 rings (SSSR count). The molecule has 0 saturated carbocycles. The molecule has 8 nitrogen and oxygen atoms in total. The van der Waals surface area contributed by atoms with Gasteiger partial charge in [0.25, 0.3) is 0 Å². The minimum absolute atomic E-state index is 0.133. The second kappa shape index (κ2) is 12.9. The number of carbonyl (C=O) groups is 3. The molecule has 1 fully saturated rings.